The van der Waals surface area contributed by atoms with Crippen LogP contribution < -0.4 is 15.4 Å². The van der Waals surface area contributed by atoms with Crippen molar-refractivity contribution in [3.05, 3.63) is 86.3 Å². The van der Waals surface area contributed by atoms with Gasteiger partial charge in [-0.05, 0) is 89.3 Å². The molecule has 4 nitrogen and oxygen atoms in total. The first kappa shape index (κ1) is 22.2. The maximum absolute atomic E-state index is 12.3. The van der Waals surface area contributed by atoms with Gasteiger partial charge in [-0.15, -0.1) is 0 Å². The van der Waals surface area contributed by atoms with Gasteiger partial charge < -0.3 is 15.4 Å². The number of hydrogen-bond acceptors (Lipinski definition) is 3. The van der Waals surface area contributed by atoms with Crippen molar-refractivity contribution in [2.24, 2.45) is 0 Å². The summed E-state index contributed by atoms with van der Waals surface area (Å²) in [5, 5.41) is 7.00. The van der Waals surface area contributed by atoms with Crippen LogP contribution in [0.15, 0.2) is 59.1 Å². The third-order valence-corrected chi connectivity index (χ3v) is 5.77. The van der Waals surface area contributed by atoms with E-state index in [9.17, 15) is 4.79 Å². The van der Waals surface area contributed by atoms with Crippen LogP contribution in [0.25, 0.3) is 0 Å². The number of hydrogen-bond donors (Lipinski definition) is 2. The Bertz CT molecular complexity index is 1070. The van der Waals surface area contributed by atoms with Crippen molar-refractivity contribution in [1.82, 2.24) is 0 Å². The third-order valence-electron chi connectivity index (χ3n) is 4.92. The molecule has 0 aliphatic heterocycles. The number of nitrogens with one attached hydrogen (secondary N) is 2. The highest BCUT2D eigenvalue weighted by Gasteiger charge is 2.09. The number of amides is 1. The number of carbonyl (C=O) groups is 1. The maximum atomic E-state index is 12.3. The first-order chi connectivity index (χ1) is 14.3. The standard InChI is InChI=1S/C24H24BrClN2O2/c1-15-5-4-6-21(17(15)3)28-24(29)14-30-23-10-8-18(11-20(23)25)13-27-22-12-19(26)9-7-16(22)2/h4-12,27H,13-14H2,1-3H3,(H,28,29). The highest BCUT2D eigenvalue weighted by atomic mass is 79.9. The zero-order valence-electron chi connectivity index (χ0n) is 17.2. The van der Waals surface area contributed by atoms with Crippen molar-refractivity contribution in [3.63, 3.8) is 0 Å². The van der Waals surface area contributed by atoms with E-state index in [1.54, 1.807) is 0 Å². The van der Waals surface area contributed by atoms with Gasteiger partial charge in [-0.25, -0.2) is 0 Å². The highest BCUT2D eigenvalue weighted by Crippen LogP contribution is 2.27. The molecule has 0 atom stereocenters. The van der Waals surface area contributed by atoms with Crippen LogP contribution in [0.3, 0.4) is 0 Å². The van der Waals surface area contributed by atoms with Crippen LogP contribution in [0.2, 0.25) is 5.02 Å². The van der Waals surface area contributed by atoms with Crippen molar-refractivity contribution >= 4 is 44.8 Å². The van der Waals surface area contributed by atoms with Crippen LogP contribution in [0.5, 0.6) is 5.75 Å². The van der Waals surface area contributed by atoms with Gasteiger partial charge in [0.05, 0.1) is 4.47 Å². The van der Waals surface area contributed by atoms with Gasteiger partial charge in [0, 0.05) is 22.9 Å². The van der Waals surface area contributed by atoms with Crippen LogP contribution >= 0.6 is 27.5 Å². The number of carbonyl (C=O) groups excluding carboxylic acids is 1. The first-order valence-corrected chi connectivity index (χ1v) is 10.8. The van der Waals surface area contributed by atoms with Crippen LogP contribution in [0.1, 0.15) is 22.3 Å². The molecule has 156 valence electrons. The molecule has 0 aliphatic rings. The van der Waals surface area contributed by atoms with Gasteiger partial charge in [0.2, 0.25) is 0 Å². The molecule has 6 heteroatoms. The summed E-state index contributed by atoms with van der Waals surface area (Å²) < 4.78 is 6.49. The van der Waals surface area contributed by atoms with E-state index in [1.807, 2.05) is 75.4 Å². The highest BCUT2D eigenvalue weighted by molar-refractivity contribution is 9.10. The minimum atomic E-state index is -0.197. The van der Waals surface area contributed by atoms with E-state index in [-0.39, 0.29) is 12.5 Å². The third kappa shape index (κ3) is 5.77. The summed E-state index contributed by atoms with van der Waals surface area (Å²) in [6.07, 6.45) is 0. The average Bonchev–Trinajstić information content (AvgIpc) is 2.71. The summed E-state index contributed by atoms with van der Waals surface area (Å²) >= 11 is 9.61. The molecule has 0 heterocycles. The summed E-state index contributed by atoms with van der Waals surface area (Å²) in [4.78, 5) is 12.3. The molecule has 0 radical (unpaired) electrons. The number of ether oxygens (including phenoxy) is 1. The molecular formula is C24H24BrClN2O2. The zero-order chi connectivity index (χ0) is 21.7. The summed E-state index contributed by atoms with van der Waals surface area (Å²) in [7, 11) is 0. The Hall–Kier alpha value is -2.50. The Morgan fingerprint density at radius 1 is 1.00 bits per heavy atom. The predicted octanol–water partition coefficient (Wildman–Crippen LogP) is 6.66. The largest absolute Gasteiger partial charge is 0.483 e. The molecule has 0 unspecified atom stereocenters. The lowest BCUT2D eigenvalue weighted by atomic mass is 10.1. The van der Waals surface area contributed by atoms with Gasteiger partial charge in [0.25, 0.3) is 5.91 Å². The molecule has 30 heavy (non-hydrogen) atoms. The van der Waals surface area contributed by atoms with Crippen LogP contribution in [-0.2, 0) is 11.3 Å². The van der Waals surface area contributed by atoms with E-state index >= 15 is 0 Å². The van der Waals surface area contributed by atoms with Crippen molar-refractivity contribution in [2.75, 3.05) is 17.2 Å². The van der Waals surface area contributed by atoms with Crippen molar-refractivity contribution in [1.29, 1.82) is 0 Å². The van der Waals surface area contributed by atoms with Gasteiger partial charge >= 0.3 is 0 Å². The molecule has 3 rings (SSSR count). The Balaban J connectivity index is 1.56. The lowest BCUT2D eigenvalue weighted by Gasteiger charge is -2.13. The second-order valence-corrected chi connectivity index (χ2v) is 8.45. The lowest BCUT2D eigenvalue weighted by Crippen LogP contribution is -2.21. The molecule has 0 aromatic heterocycles. The number of halogens is 2. The normalized spacial score (nSPS) is 10.6. The predicted molar refractivity (Wildman–Crippen MR) is 128 cm³/mol. The van der Waals surface area contributed by atoms with Crippen LogP contribution in [-0.4, -0.2) is 12.5 Å². The van der Waals surface area contributed by atoms with Crippen LogP contribution in [0.4, 0.5) is 11.4 Å². The number of anilines is 2. The smallest absolute Gasteiger partial charge is 0.262 e. The zero-order valence-corrected chi connectivity index (χ0v) is 19.5. The monoisotopic (exact) mass is 486 g/mol. The molecule has 0 bridgehead atoms. The fourth-order valence-corrected chi connectivity index (χ4v) is 3.68. The van der Waals surface area contributed by atoms with E-state index in [0.29, 0.717) is 17.3 Å². The maximum Gasteiger partial charge on any atom is 0.262 e. The van der Waals surface area contributed by atoms with Gasteiger partial charge in [-0.1, -0.05) is 35.9 Å². The Morgan fingerprint density at radius 2 is 1.80 bits per heavy atom. The van der Waals surface area contributed by atoms with Crippen molar-refractivity contribution in [3.8, 4) is 5.75 Å². The molecule has 1 amide bonds. The minimum absolute atomic E-state index is 0.0642. The first-order valence-electron chi connectivity index (χ1n) is 9.61. The number of rotatable bonds is 7. The van der Waals surface area contributed by atoms with E-state index in [2.05, 4.69) is 26.6 Å². The molecule has 2 N–H and O–H groups in total. The fourth-order valence-electron chi connectivity index (χ4n) is 2.97. The molecule has 0 spiro atoms. The molecular weight excluding hydrogens is 464 g/mol. The molecule has 0 aliphatic carbocycles. The van der Waals surface area contributed by atoms with Crippen molar-refractivity contribution < 1.29 is 9.53 Å². The van der Waals surface area contributed by atoms with Crippen molar-refractivity contribution in [2.45, 2.75) is 27.3 Å². The Labute approximate surface area is 190 Å². The van der Waals surface area contributed by atoms with E-state index in [1.165, 1.54) is 0 Å². The number of benzene rings is 3. The topological polar surface area (TPSA) is 50.4 Å². The van der Waals surface area contributed by atoms with Gasteiger partial charge in [0.1, 0.15) is 5.75 Å². The summed E-state index contributed by atoms with van der Waals surface area (Å²) in [6, 6.07) is 17.4. The molecule has 3 aromatic carbocycles. The Kier molecular flexibility index (Phi) is 7.40. The lowest BCUT2D eigenvalue weighted by molar-refractivity contribution is -0.118. The van der Waals surface area contributed by atoms with E-state index in [4.69, 9.17) is 16.3 Å². The minimum Gasteiger partial charge on any atom is -0.483 e. The van der Waals surface area contributed by atoms with E-state index < -0.39 is 0 Å². The quantitative estimate of drug-likeness (QED) is 0.392. The molecule has 0 saturated carbocycles. The second-order valence-electron chi connectivity index (χ2n) is 7.16. The van der Waals surface area contributed by atoms with Crippen LogP contribution in [0, 0.1) is 20.8 Å². The van der Waals surface area contributed by atoms with Gasteiger partial charge in [0.15, 0.2) is 6.61 Å². The summed E-state index contributed by atoms with van der Waals surface area (Å²) in [5.41, 5.74) is 6.21. The van der Waals surface area contributed by atoms with E-state index in [0.717, 1.165) is 38.1 Å². The fraction of sp³-hybridized carbons (Fsp3) is 0.208. The summed E-state index contributed by atoms with van der Waals surface area (Å²) in [6.45, 7) is 6.62. The van der Waals surface area contributed by atoms with Gasteiger partial charge in [-0.3, -0.25) is 4.79 Å². The molecule has 0 fully saturated rings. The molecule has 3 aromatic rings. The second kappa shape index (κ2) is 10.0. The van der Waals surface area contributed by atoms with Gasteiger partial charge in [-0.2, -0.15) is 0 Å². The average molecular weight is 488 g/mol. The summed E-state index contributed by atoms with van der Waals surface area (Å²) in [5.74, 6) is 0.423. The Morgan fingerprint density at radius 3 is 2.57 bits per heavy atom. The number of aryl methyl sites for hydroxylation is 2. The SMILES string of the molecule is Cc1ccc(Cl)cc1NCc1ccc(OCC(=O)Nc2cccc(C)c2C)c(Br)c1. The molecule has 0 saturated heterocycles.